The Labute approximate surface area is 127 Å². The summed E-state index contributed by atoms with van der Waals surface area (Å²) in [6.07, 6.45) is 1.56. The third kappa shape index (κ3) is 4.23. The lowest BCUT2D eigenvalue weighted by molar-refractivity contribution is -0.131. The van der Waals surface area contributed by atoms with Gasteiger partial charge in [0, 0.05) is 11.4 Å². The normalized spacial score (nSPS) is 10.9. The molecule has 0 aliphatic rings. The quantitative estimate of drug-likeness (QED) is 0.822. The number of rotatable bonds is 6. The van der Waals surface area contributed by atoms with Gasteiger partial charge in [-0.1, -0.05) is 13.8 Å². The number of carbonyl (C=O) groups is 1. The lowest BCUT2D eigenvalue weighted by Crippen LogP contribution is -2.44. The highest BCUT2D eigenvalue weighted by Gasteiger charge is 2.32. The molecule has 0 atom stereocenters. The van der Waals surface area contributed by atoms with Crippen LogP contribution in [0.3, 0.4) is 0 Å². The van der Waals surface area contributed by atoms with Gasteiger partial charge in [0.05, 0.1) is 15.7 Å². The molecule has 0 saturated heterocycles. The minimum absolute atomic E-state index is 0. The van der Waals surface area contributed by atoms with Crippen molar-refractivity contribution >= 4 is 45.6 Å². The van der Waals surface area contributed by atoms with Crippen molar-refractivity contribution in [2.45, 2.75) is 33.2 Å². The molecule has 0 saturated carbocycles. The number of hydrogen-bond donors (Lipinski definition) is 2. The summed E-state index contributed by atoms with van der Waals surface area (Å²) in [5.74, 6) is 0.0644. The summed E-state index contributed by atoms with van der Waals surface area (Å²) in [7, 11) is 0. The van der Waals surface area contributed by atoms with Crippen LogP contribution in [0.1, 0.15) is 31.6 Å². The summed E-state index contributed by atoms with van der Waals surface area (Å²) in [6, 6.07) is 4.00. The molecule has 3 nitrogen and oxygen atoms in total. The number of amides is 1. The van der Waals surface area contributed by atoms with E-state index in [4.69, 9.17) is 5.73 Å². The highest BCUT2D eigenvalue weighted by Crippen LogP contribution is 2.26. The maximum atomic E-state index is 12.1. The molecule has 104 valence electrons. The van der Waals surface area contributed by atoms with Crippen LogP contribution in [0, 0.1) is 5.41 Å². The Morgan fingerprint density at radius 3 is 2.44 bits per heavy atom. The van der Waals surface area contributed by atoms with E-state index in [1.807, 2.05) is 26.0 Å². The molecule has 1 amide bonds. The summed E-state index contributed by atoms with van der Waals surface area (Å²) >= 11 is 5.04. The zero-order valence-corrected chi connectivity index (χ0v) is 13.9. The molecule has 0 fully saturated rings. The second kappa shape index (κ2) is 8.15. The first-order valence-corrected chi connectivity index (χ1v) is 7.41. The van der Waals surface area contributed by atoms with E-state index in [0.29, 0.717) is 13.1 Å². The molecule has 3 N–H and O–H groups in total. The van der Waals surface area contributed by atoms with Crippen molar-refractivity contribution in [3.63, 3.8) is 0 Å². The standard InChI is InChI=1S/C12H19BrN2OS.ClH/c1-3-12(4-2,8-14)11(16)15-7-9-5-6-10(13)17-9;/h5-6H,3-4,7-8,14H2,1-2H3,(H,15,16);1H. The van der Waals surface area contributed by atoms with E-state index in [2.05, 4.69) is 21.2 Å². The average molecular weight is 356 g/mol. The van der Waals surface area contributed by atoms with Gasteiger partial charge in [-0.05, 0) is 40.9 Å². The molecule has 18 heavy (non-hydrogen) atoms. The molecule has 1 aromatic rings. The number of thiophene rings is 1. The van der Waals surface area contributed by atoms with Crippen LogP contribution in [0.15, 0.2) is 15.9 Å². The van der Waals surface area contributed by atoms with Crippen molar-refractivity contribution in [2.24, 2.45) is 11.1 Å². The van der Waals surface area contributed by atoms with Crippen LogP contribution in [-0.4, -0.2) is 12.5 Å². The largest absolute Gasteiger partial charge is 0.351 e. The van der Waals surface area contributed by atoms with Gasteiger partial charge >= 0.3 is 0 Å². The van der Waals surface area contributed by atoms with Crippen LogP contribution < -0.4 is 11.1 Å². The monoisotopic (exact) mass is 354 g/mol. The summed E-state index contributed by atoms with van der Waals surface area (Å²) in [4.78, 5) is 13.3. The van der Waals surface area contributed by atoms with Gasteiger partial charge in [0.25, 0.3) is 0 Å². The molecular formula is C12H20BrClN2OS. The average Bonchev–Trinajstić information content (AvgIpc) is 2.75. The molecule has 0 radical (unpaired) electrons. The van der Waals surface area contributed by atoms with E-state index in [-0.39, 0.29) is 18.3 Å². The minimum atomic E-state index is -0.408. The van der Waals surface area contributed by atoms with E-state index in [1.165, 1.54) is 0 Å². The van der Waals surface area contributed by atoms with E-state index in [0.717, 1.165) is 21.5 Å². The molecule has 1 aromatic heterocycles. The second-order valence-corrected chi connectivity index (χ2v) is 6.63. The van der Waals surface area contributed by atoms with Gasteiger partial charge in [-0.25, -0.2) is 0 Å². The van der Waals surface area contributed by atoms with Crippen LogP contribution in [0.5, 0.6) is 0 Å². The molecule has 0 aromatic carbocycles. The molecule has 0 unspecified atom stereocenters. The SMILES string of the molecule is CCC(CC)(CN)C(=O)NCc1ccc(Br)s1.Cl. The van der Waals surface area contributed by atoms with Gasteiger partial charge in [0.1, 0.15) is 0 Å². The van der Waals surface area contributed by atoms with Crippen LogP contribution in [0.2, 0.25) is 0 Å². The number of nitrogens with two attached hydrogens (primary N) is 1. The molecule has 1 rings (SSSR count). The Balaban J connectivity index is 0.00000289. The first-order chi connectivity index (χ1) is 8.07. The molecule has 1 heterocycles. The van der Waals surface area contributed by atoms with Crippen LogP contribution in [0.25, 0.3) is 0 Å². The first kappa shape index (κ1) is 17.9. The zero-order valence-electron chi connectivity index (χ0n) is 10.7. The predicted molar refractivity (Wildman–Crippen MR) is 83.2 cm³/mol. The van der Waals surface area contributed by atoms with Crippen molar-refractivity contribution in [1.82, 2.24) is 5.32 Å². The van der Waals surface area contributed by atoms with E-state index < -0.39 is 5.41 Å². The molecule has 0 aliphatic heterocycles. The van der Waals surface area contributed by atoms with Gasteiger partial charge < -0.3 is 11.1 Å². The van der Waals surface area contributed by atoms with E-state index >= 15 is 0 Å². The Bertz CT molecular complexity index is 372. The van der Waals surface area contributed by atoms with Crippen LogP contribution in [0.4, 0.5) is 0 Å². The predicted octanol–water partition coefficient (Wildman–Crippen LogP) is 3.31. The van der Waals surface area contributed by atoms with Gasteiger partial charge in [0.2, 0.25) is 5.91 Å². The van der Waals surface area contributed by atoms with Gasteiger partial charge in [-0.15, -0.1) is 23.7 Å². The fraction of sp³-hybridized carbons (Fsp3) is 0.583. The lowest BCUT2D eigenvalue weighted by Gasteiger charge is -2.28. The van der Waals surface area contributed by atoms with Gasteiger partial charge in [-0.2, -0.15) is 0 Å². The van der Waals surface area contributed by atoms with Gasteiger partial charge in [0.15, 0.2) is 0 Å². The second-order valence-electron chi connectivity index (χ2n) is 4.08. The molecule has 0 aliphatic carbocycles. The maximum absolute atomic E-state index is 12.1. The summed E-state index contributed by atoms with van der Waals surface area (Å²) < 4.78 is 1.08. The Hall–Kier alpha value is -0.100. The van der Waals surface area contributed by atoms with Crippen molar-refractivity contribution in [3.8, 4) is 0 Å². The smallest absolute Gasteiger partial charge is 0.227 e. The summed E-state index contributed by atoms with van der Waals surface area (Å²) in [5.41, 5.74) is 5.33. The number of carbonyl (C=O) groups excluding carboxylic acids is 1. The Morgan fingerprint density at radius 2 is 2.06 bits per heavy atom. The molecule has 0 spiro atoms. The third-order valence-corrected chi connectivity index (χ3v) is 4.90. The number of nitrogens with one attached hydrogen (secondary N) is 1. The topological polar surface area (TPSA) is 55.1 Å². The van der Waals surface area contributed by atoms with E-state index in [1.54, 1.807) is 11.3 Å². The minimum Gasteiger partial charge on any atom is -0.351 e. The zero-order chi connectivity index (χ0) is 12.9. The van der Waals surface area contributed by atoms with Crippen LogP contribution >= 0.6 is 39.7 Å². The lowest BCUT2D eigenvalue weighted by atomic mass is 9.81. The fourth-order valence-corrected chi connectivity index (χ4v) is 3.18. The summed E-state index contributed by atoms with van der Waals surface area (Å²) in [5, 5.41) is 2.98. The van der Waals surface area contributed by atoms with Crippen molar-refractivity contribution < 1.29 is 4.79 Å². The van der Waals surface area contributed by atoms with Crippen molar-refractivity contribution in [3.05, 3.63) is 20.8 Å². The maximum Gasteiger partial charge on any atom is 0.227 e. The van der Waals surface area contributed by atoms with Crippen LogP contribution in [-0.2, 0) is 11.3 Å². The number of hydrogen-bond acceptors (Lipinski definition) is 3. The summed E-state index contributed by atoms with van der Waals surface area (Å²) in [6.45, 7) is 5.01. The van der Waals surface area contributed by atoms with E-state index in [9.17, 15) is 4.79 Å². The fourth-order valence-electron chi connectivity index (χ4n) is 1.75. The highest BCUT2D eigenvalue weighted by molar-refractivity contribution is 9.11. The van der Waals surface area contributed by atoms with Gasteiger partial charge in [-0.3, -0.25) is 4.79 Å². The molecule has 0 bridgehead atoms. The number of halogens is 2. The Morgan fingerprint density at radius 1 is 1.44 bits per heavy atom. The highest BCUT2D eigenvalue weighted by atomic mass is 79.9. The molecule has 6 heteroatoms. The first-order valence-electron chi connectivity index (χ1n) is 5.80. The third-order valence-electron chi connectivity index (χ3n) is 3.28. The Kier molecular flexibility index (Phi) is 8.10. The molecular weight excluding hydrogens is 336 g/mol. The van der Waals surface area contributed by atoms with Crippen molar-refractivity contribution in [2.75, 3.05) is 6.54 Å². The van der Waals surface area contributed by atoms with Crippen molar-refractivity contribution in [1.29, 1.82) is 0 Å².